The van der Waals surface area contributed by atoms with Crippen LogP contribution in [0.4, 0.5) is 11.6 Å². The van der Waals surface area contributed by atoms with Crippen LogP contribution in [0.15, 0.2) is 25.3 Å². The first-order valence-electron chi connectivity index (χ1n) is 12.5. The average molecular weight is 628 g/mol. The van der Waals surface area contributed by atoms with Crippen LogP contribution < -0.4 is 16.2 Å². The van der Waals surface area contributed by atoms with Gasteiger partial charge in [-0.15, -0.1) is 0 Å². The summed E-state index contributed by atoms with van der Waals surface area (Å²) in [7, 11) is -9.30. The highest BCUT2D eigenvalue weighted by atomic mass is 32.2. The van der Waals surface area contributed by atoms with Gasteiger partial charge >= 0.3 is 18.1 Å². The summed E-state index contributed by atoms with van der Waals surface area (Å²) in [6, 6.07) is 0. The Hall–Kier alpha value is -3.40. The van der Waals surface area contributed by atoms with Crippen molar-refractivity contribution in [2.45, 2.75) is 50.0 Å². The van der Waals surface area contributed by atoms with Crippen molar-refractivity contribution in [2.24, 2.45) is 0 Å². The van der Waals surface area contributed by atoms with Gasteiger partial charge in [-0.2, -0.15) is 13.1 Å². The number of hydrogen-bond donors (Lipinski definition) is 5. The van der Waals surface area contributed by atoms with Gasteiger partial charge in [-0.25, -0.2) is 34.5 Å². The second kappa shape index (κ2) is 11.0. The number of imidazole rings is 2. The fraction of sp³-hybridized carbons (Fsp3) is 0.500. The SMILES string of the molecule is Nc1ncnc2c1ncn2[C@H]1CC[C@@H](COP(=O)(O)O[C@H]2C[C@H](n3cnc4c(N)ncnc43)O[C@@H]2CNS(=O)(=O)O)O1. The van der Waals surface area contributed by atoms with E-state index in [9.17, 15) is 17.9 Å². The fourth-order valence-electron chi connectivity index (χ4n) is 4.91. The molecule has 2 saturated heterocycles. The molecular formula is C20H26N11O9PS. The van der Waals surface area contributed by atoms with Gasteiger partial charge in [0, 0.05) is 13.0 Å². The van der Waals surface area contributed by atoms with Gasteiger partial charge in [-0.3, -0.25) is 22.7 Å². The van der Waals surface area contributed by atoms with Crippen molar-refractivity contribution in [3.63, 3.8) is 0 Å². The van der Waals surface area contributed by atoms with E-state index >= 15 is 0 Å². The predicted octanol–water partition coefficient (Wildman–Crippen LogP) is -0.310. The number of hydrogen-bond acceptors (Lipinski definition) is 15. The van der Waals surface area contributed by atoms with Crippen LogP contribution in [0.25, 0.3) is 22.3 Å². The molecule has 0 aromatic carbocycles. The van der Waals surface area contributed by atoms with Gasteiger partial charge < -0.3 is 25.8 Å². The molecule has 22 heteroatoms. The van der Waals surface area contributed by atoms with E-state index in [2.05, 4.69) is 29.9 Å². The third-order valence-electron chi connectivity index (χ3n) is 6.82. The Labute approximate surface area is 236 Å². The monoisotopic (exact) mass is 627 g/mol. The molecule has 0 amide bonds. The summed E-state index contributed by atoms with van der Waals surface area (Å²) >= 11 is 0. The molecule has 7 N–H and O–H groups in total. The van der Waals surface area contributed by atoms with Crippen molar-refractivity contribution in [3.05, 3.63) is 25.3 Å². The molecule has 0 saturated carbocycles. The summed E-state index contributed by atoms with van der Waals surface area (Å²) < 4.78 is 72.3. The van der Waals surface area contributed by atoms with Crippen molar-refractivity contribution < 1.29 is 41.0 Å². The first-order valence-corrected chi connectivity index (χ1v) is 15.5. The molecule has 0 radical (unpaired) electrons. The van der Waals surface area contributed by atoms with Gasteiger partial charge in [0.15, 0.2) is 22.9 Å². The Balaban J connectivity index is 1.11. The van der Waals surface area contributed by atoms with Gasteiger partial charge in [0.05, 0.1) is 25.4 Å². The molecule has 226 valence electrons. The Bertz CT molecular complexity index is 1770. The zero-order valence-electron chi connectivity index (χ0n) is 21.6. The highest BCUT2D eigenvalue weighted by Gasteiger charge is 2.43. The van der Waals surface area contributed by atoms with E-state index in [-0.39, 0.29) is 24.7 Å². The average Bonchev–Trinajstić information content (AvgIpc) is 3.71. The smallest absolute Gasteiger partial charge is 0.382 e. The molecule has 2 aliphatic heterocycles. The molecular weight excluding hydrogens is 601 g/mol. The summed E-state index contributed by atoms with van der Waals surface area (Å²) in [6.45, 7) is -0.745. The molecule has 6 atom stereocenters. The number of fused-ring (bicyclic) bond motifs is 2. The lowest BCUT2D eigenvalue weighted by atomic mass is 10.2. The number of nitrogens with one attached hydrogen (secondary N) is 1. The third kappa shape index (κ3) is 5.91. The zero-order valence-corrected chi connectivity index (χ0v) is 23.3. The minimum atomic E-state index is -4.71. The number of phosphoric ester groups is 1. The minimum Gasteiger partial charge on any atom is -0.382 e. The quantitative estimate of drug-likeness (QED) is 0.111. The van der Waals surface area contributed by atoms with Crippen LogP contribution in [0.3, 0.4) is 0 Å². The first kappa shape index (κ1) is 28.7. The van der Waals surface area contributed by atoms with Crippen LogP contribution in [0.2, 0.25) is 0 Å². The zero-order chi connectivity index (χ0) is 29.6. The molecule has 4 aromatic heterocycles. The first-order chi connectivity index (χ1) is 20.0. The van der Waals surface area contributed by atoms with E-state index < -0.39 is 55.4 Å². The Morgan fingerprint density at radius 3 is 2.21 bits per heavy atom. The maximum absolute atomic E-state index is 13.0. The summed E-state index contributed by atoms with van der Waals surface area (Å²) in [5.74, 6) is 0.370. The van der Waals surface area contributed by atoms with E-state index in [4.69, 9.17) is 34.5 Å². The standard InChI is InChI=1S/C20H26N11O9PS/c21-17-15-19(25-6-23-17)30(8-27-15)13-2-1-10(38-13)5-37-41(32,33)40-11-3-14(39-12(11)4-29-42(34,35)36)31-9-28-16-18(22)24-7-26-20(16)31/h6-14,29H,1-5H2,(H,32,33)(H2,21,23,25)(H2,22,24,26)(H,34,35,36)/t10-,11-,12+,13+,14+/m0/s1. The van der Waals surface area contributed by atoms with E-state index in [1.807, 2.05) is 4.72 Å². The van der Waals surface area contributed by atoms with Crippen LogP contribution in [0.1, 0.15) is 31.7 Å². The molecule has 4 aromatic rings. The second-order valence-electron chi connectivity index (χ2n) is 9.55. The van der Waals surface area contributed by atoms with Crippen molar-refractivity contribution in [1.82, 2.24) is 43.8 Å². The van der Waals surface area contributed by atoms with Crippen molar-refractivity contribution in [3.8, 4) is 0 Å². The molecule has 6 rings (SSSR count). The molecule has 2 aliphatic rings. The Morgan fingerprint density at radius 1 is 0.976 bits per heavy atom. The molecule has 0 spiro atoms. The summed E-state index contributed by atoms with van der Waals surface area (Å²) in [6.07, 6.45) is 2.40. The van der Waals surface area contributed by atoms with Crippen LogP contribution in [0, 0.1) is 0 Å². The molecule has 0 bridgehead atoms. The number of nitrogens with zero attached hydrogens (tertiary/aromatic N) is 8. The Kier molecular flexibility index (Phi) is 7.53. The van der Waals surface area contributed by atoms with E-state index in [0.29, 0.717) is 35.2 Å². The third-order valence-corrected chi connectivity index (χ3v) is 8.36. The molecule has 42 heavy (non-hydrogen) atoms. The van der Waals surface area contributed by atoms with Crippen molar-refractivity contribution in [1.29, 1.82) is 0 Å². The maximum Gasteiger partial charge on any atom is 0.472 e. The normalized spacial score (nSPS) is 26.3. The number of anilines is 2. The van der Waals surface area contributed by atoms with Gasteiger partial charge in [0.25, 0.3) is 0 Å². The van der Waals surface area contributed by atoms with Crippen LogP contribution in [0.5, 0.6) is 0 Å². The maximum atomic E-state index is 13.0. The molecule has 0 aliphatic carbocycles. The summed E-state index contributed by atoms with van der Waals surface area (Å²) in [4.78, 5) is 35.1. The van der Waals surface area contributed by atoms with Crippen LogP contribution in [-0.2, 0) is 33.4 Å². The minimum absolute atomic E-state index is 0.0260. The number of ether oxygens (including phenoxy) is 2. The summed E-state index contributed by atoms with van der Waals surface area (Å²) in [5.41, 5.74) is 13.2. The lowest BCUT2D eigenvalue weighted by molar-refractivity contribution is -0.0314. The molecule has 20 nitrogen and oxygen atoms in total. The predicted molar refractivity (Wildman–Crippen MR) is 141 cm³/mol. The largest absolute Gasteiger partial charge is 0.472 e. The van der Waals surface area contributed by atoms with Gasteiger partial charge in [-0.05, 0) is 12.8 Å². The van der Waals surface area contributed by atoms with Gasteiger partial charge in [-0.1, -0.05) is 0 Å². The Morgan fingerprint density at radius 2 is 1.60 bits per heavy atom. The number of nitrogen functional groups attached to an aromatic ring is 2. The topological polar surface area (TPSA) is 280 Å². The lowest BCUT2D eigenvalue weighted by Crippen LogP contribution is -2.37. The van der Waals surface area contributed by atoms with Crippen LogP contribution in [-0.4, -0.2) is 88.4 Å². The summed E-state index contributed by atoms with van der Waals surface area (Å²) in [5, 5.41) is 0. The van der Waals surface area contributed by atoms with Gasteiger partial charge in [0.2, 0.25) is 0 Å². The highest BCUT2D eigenvalue weighted by molar-refractivity contribution is 7.83. The van der Waals surface area contributed by atoms with E-state index in [1.165, 1.54) is 29.9 Å². The van der Waals surface area contributed by atoms with E-state index in [0.717, 1.165) is 0 Å². The fourth-order valence-corrected chi connectivity index (χ4v) is 6.26. The number of phosphoric acid groups is 1. The molecule has 1 unspecified atom stereocenters. The van der Waals surface area contributed by atoms with Crippen molar-refractivity contribution in [2.75, 3.05) is 24.6 Å². The van der Waals surface area contributed by atoms with Crippen LogP contribution >= 0.6 is 7.82 Å². The lowest BCUT2D eigenvalue weighted by Gasteiger charge is -2.22. The number of aromatic nitrogens is 8. The van der Waals surface area contributed by atoms with E-state index in [1.54, 1.807) is 4.57 Å². The number of nitrogens with two attached hydrogens (primary N) is 2. The van der Waals surface area contributed by atoms with Gasteiger partial charge in [0.1, 0.15) is 48.4 Å². The number of rotatable bonds is 10. The van der Waals surface area contributed by atoms with Crippen molar-refractivity contribution >= 4 is 52.1 Å². The molecule has 6 heterocycles. The second-order valence-corrected chi connectivity index (χ2v) is 12.2. The molecule has 2 fully saturated rings. The highest BCUT2D eigenvalue weighted by Crippen LogP contribution is 2.49.